The number of carbonyl (C=O) groups excluding carboxylic acids is 1. The van der Waals surface area contributed by atoms with Crippen LogP contribution in [-0.4, -0.2) is 17.9 Å². The Balaban J connectivity index is 1.77. The molecule has 0 saturated carbocycles. The molecule has 2 rings (SSSR count). The third kappa shape index (κ3) is 5.90. The van der Waals surface area contributed by atoms with Crippen molar-refractivity contribution in [1.29, 1.82) is 0 Å². The molecule has 120 valence electrons. The second-order valence-corrected chi connectivity index (χ2v) is 6.70. The lowest BCUT2D eigenvalue weighted by molar-refractivity contribution is -0.118. The number of hydrazone groups is 1. The molecule has 0 bridgehead atoms. The van der Waals surface area contributed by atoms with E-state index in [0.717, 1.165) is 16.7 Å². The van der Waals surface area contributed by atoms with Crippen molar-refractivity contribution in [2.45, 2.75) is 12.7 Å². The van der Waals surface area contributed by atoms with Crippen molar-refractivity contribution in [3.63, 3.8) is 0 Å². The highest BCUT2D eigenvalue weighted by molar-refractivity contribution is 7.99. The molecule has 0 aromatic heterocycles. The average Bonchev–Trinajstić information content (AvgIpc) is 2.50. The van der Waals surface area contributed by atoms with E-state index in [2.05, 4.69) is 10.5 Å². The molecule has 3 nitrogen and oxygen atoms in total. The van der Waals surface area contributed by atoms with Crippen molar-refractivity contribution < 1.29 is 4.79 Å². The third-order valence-electron chi connectivity index (χ3n) is 2.99. The number of halogens is 2. The predicted octanol–water partition coefficient (Wildman–Crippen LogP) is 4.69. The molecule has 0 aliphatic carbocycles. The van der Waals surface area contributed by atoms with Crippen molar-refractivity contribution in [3.05, 3.63) is 69.2 Å². The fourth-order valence-corrected chi connectivity index (χ4v) is 3.43. The standard InChI is InChI=1S/C17H16Cl2N2OS/c1-12-4-2-5-13(8-12)9-20-21-17(22)11-23-10-14-15(18)6-3-7-16(14)19/h2-9H,10-11H2,1H3,(H,21,22)/b20-9-. The molecule has 0 aliphatic heterocycles. The van der Waals surface area contributed by atoms with Gasteiger partial charge < -0.3 is 0 Å². The van der Waals surface area contributed by atoms with Gasteiger partial charge in [0.1, 0.15) is 0 Å². The number of hydrogen-bond acceptors (Lipinski definition) is 3. The molecule has 6 heteroatoms. The molecule has 1 N–H and O–H groups in total. The summed E-state index contributed by atoms with van der Waals surface area (Å²) in [6, 6.07) is 13.2. The van der Waals surface area contributed by atoms with Gasteiger partial charge in [-0.1, -0.05) is 59.1 Å². The molecule has 2 aromatic rings. The number of nitrogens with one attached hydrogen (secondary N) is 1. The Kier molecular flexibility index (Phi) is 6.96. The summed E-state index contributed by atoms with van der Waals surface area (Å²) >= 11 is 13.6. The number of hydrogen-bond donors (Lipinski definition) is 1. The normalized spacial score (nSPS) is 10.9. The lowest BCUT2D eigenvalue weighted by Crippen LogP contribution is -2.19. The van der Waals surface area contributed by atoms with Crippen LogP contribution in [0, 0.1) is 6.92 Å². The summed E-state index contributed by atoms with van der Waals surface area (Å²) < 4.78 is 0. The van der Waals surface area contributed by atoms with Crippen molar-refractivity contribution in [2.24, 2.45) is 5.10 Å². The fourth-order valence-electron chi connectivity index (χ4n) is 1.88. The number of aryl methyl sites for hydroxylation is 1. The van der Waals surface area contributed by atoms with Crippen LogP contribution in [0.3, 0.4) is 0 Å². The molecule has 23 heavy (non-hydrogen) atoms. The summed E-state index contributed by atoms with van der Waals surface area (Å²) in [7, 11) is 0. The Morgan fingerprint density at radius 1 is 1.22 bits per heavy atom. The smallest absolute Gasteiger partial charge is 0.250 e. The number of rotatable bonds is 6. The molecule has 0 saturated heterocycles. The van der Waals surface area contributed by atoms with Gasteiger partial charge in [0.15, 0.2) is 0 Å². The zero-order valence-electron chi connectivity index (χ0n) is 12.6. The summed E-state index contributed by atoms with van der Waals surface area (Å²) in [4.78, 5) is 11.7. The lowest BCUT2D eigenvalue weighted by atomic mass is 10.2. The van der Waals surface area contributed by atoms with Crippen LogP contribution >= 0.6 is 35.0 Å². The molecule has 0 spiro atoms. The van der Waals surface area contributed by atoms with Gasteiger partial charge in [-0.3, -0.25) is 4.79 Å². The molecular formula is C17H16Cl2N2OS. The van der Waals surface area contributed by atoms with Gasteiger partial charge >= 0.3 is 0 Å². The van der Waals surface area contributed by atoms with Crippen LogP contribution in [-0.2, 0) is 10.5 Å². The van der Waals surface area contributed by atoms with E-state index in [1.807, 2.05) is 31.2 Å². The van der Waals surface area contributed by atoms with Crippen LogP contribution in [0.4, 0.5) is 0 Å². The van der Waals surface area contributed by atoms with E-state index in [0.29, 0.717) is 15.8 Å². The molecule has 2 aromatic carbocycles. The minimum atomic E-state index is -0.165. The number of benzene rings is 2. The van der Waals surface area contributed by atoms with Gasteiger partial charge in [0.05, 0.1) is 12.0 Å². The number of thioether (sulfide) groups is 1. The van der Waals surface area contributed by atoms with E-state index in [1.165, 1.54) is 11.8 Å². The second kappa shape index (κ2) is 8.96. The van der Waals surface area contributed by atoms with E-state index >= 15 is 0 Å². The first-order valence-corrected chi connectivity index (χ1v) is 8.86. The number of nitrogens with zero attached hydrogens (tertiary/aromatic N) is 1. The van der Waals surface area contributed by atoms with Gasteiger partial charge in [0.2, 0.25) is 5.91 Å². The minimum Gasteiger partial charge on any atom is -0.272 e. The first-order chi connectivity index (χ1) is 11.1. The topological polar surface area (TPSA) is 41.5 Å². The molecular weight excluding hydrogens is 351 g/mol. The van der Waals surface area contributed by atoms with Crippen LogP contribution in [0.2, 0.25) is 10.0 Å². The van der Waals surface area contributed by atoms with Crippen LogP contribution in [0.1, 0.15) is 16.7 Å². The quantitative estimate of drug-likeness (QED) is 0.595. The number of amides is 1. The van der Waals surface area contributed by atoms with Gasteiger partial charge in [0, 0.05) is 15.8 Å². The molecule has 0 radical (unpaired) electrons. The highest BCUT2D eigenvalue weighted by atomic mass is 35.5. The van der Waals surface area contributed by atoms with Gasteiger partial charge in [-0.25, -0.2) is 5.43 Å². The molecule has 0 heterocycles. The highest BCUT2D eigenvalue weighted by Gasteiger charge is 2.07. The largest absolute Gasteiger partial charge is 0.272 e. The maximum Gasteiger partial charge on any atom is 0.250 e. The maximum absolute atomic E-state index is 11.7. The molecule has 0 unspecified atom stereocenters. The van der Waals surface area contributed by atoms with Crippen molar-refractivity contribution in [3.8, 4) is 0 Å². The Hall–Kier alpha value is -1.49. The fraction of sp³-hybridized carbons (Fsp3) is 0.176. The third-order valence-corrected chi connectivity index (χ3v) is 4.65. The van der Waals surface area contributed by atoms with E-state index < -0.39 is 0 Å². The van der Waals surface area contributed by atoms with Crippen molar-refractivity contribution in [1.82, 2.24) is 5.43 Å². The molecule has 0 aliphatic rings. The first-order valence-electron chi connectivity index (χ1n) is 6.95. The Morgan fingerprint density at radius 3 is 2.61 bits per heavy atom. The van der Waals surface area contributed by atoms with Gasteiger partial charge in [-0.05, 0) is 30.2 Å². The maximum atomic E-state index is 11.7. The summed E-state index contributed by atoms with van der Waals surface area (Å²) in [5, 5.41) is 5.18. The minimum absolute atomic E-state index is 0.165. The average molecular weight is 367 g/mol. The molecule has 1 amide bonds. The van der Waals surface area contributed by atoms with Gasteiger partial charge in [-0.2, -0.15) is 5.10 Å². The molecule has 0 atom stereocenters. The SMILES string of the molecule is Cc1cccc(/C=N\NC(=O)CSCc2c(Cl)cccc2Cl)c1. The zero-order valence-corrected chi connectivity index (χ0v) is 14.9. The van der Waals surface area contributed by atoms with Crippen LogP contribution in [0.25, 0.3) is 0 Å². The van der Waals surface area contributed by atoms with Crippen molar-refractivity contribution >= 4 is 47.1 Å². The Labute approximate surface area is 150 Å². The van der Waals surface area contributed by atoms with Crippen LogP contribution in [0.15, 0.2) is 47.6 Å². The van der Waals surface area contributed by atoms with E-state index in [4.69, 9.17) is 23.2 Å². The first kappa shape index (κ1) is 17.9. The second-order valence-electron chi connectivity index (χ2n) is 4.90. The monoisotopic (exact) mass is 366 g/mol. The van der Waals surface area contributed by atoms with Gasteiger partial charge in [-0.15, -0.1) is 11.8 Å². The van der Waals surface area contributed by atoms with E-state index in [1.54, 1.807) is 24.4 Å². The summed E-state index contributed by atoms with van der Waals surface area (Å²) in [6.45, 7) is 2.01. The van der Waals surface area contributed by atoms with E-state index in [-0.39, 0.29) is 11.7 Å². The summed E-state index contributed by atoms with van der Waals surface area (Å²) in [5.74, 6) is 0.697. The molecule has 0 fully saturated rings. The summed E-state index contributed by atoms with van der Waals surface area (Å²) in [6.07, 6.45) is 1.63. The highest BCUT2D eigenvalue weighted by Crippen LogP contribution is 2.27. The lowest BCUT2D eigenvalue weighted by Gasteiger charge is -2.06. The summed E-state index contributed by atoms with van der Waals surface area (Å²) in [5.41, 5.74) is 5.45. The zero-order chi connectivity index (χ0) is 16.7. The van der Waals surface area contributed by atoms with Crippen LogP contribution in [0.5, 0.6) is 0 Å². The predicted molar refractivity (Wildman–Crippen MR) is 99.5 cm³/mol. The number of carbonyl (C=O) groups is 1. The van der Waals surface area contributed by atoms with Crippen LogP contribution < -0.4 is 5.43 Å². The van der Waals surface area contributed by atoms with E-state index in [9.17, 15) is 4.79 Å². The Bertz CT molecular complexity index is 699. The van der Waals surface area contributed by atoms with Gasteiger partial charge in [0.25, 0.3) is 0 Å². The Morgan fingerprint density at radius 2 is 1.91 bits per heavy atom. The van der Waals surface area contributed by atoms with Crippen molar-refractivity contribution in [2.75, 3.05) is 5.75 Å².